The topological polar surface area (TPSA) is 60.7 Å². The summed E-state index contributed by atoms with van der Waals surface area (Å²) in [6.45, 7) is -3.30. The third-order valence-corrected chi connectivity index (χ3v) is 3.85. The minimum atomic E-state index is -3.20. The molecule has 0 aliphatic rings. The Morgan fingerprint density at radius 1 is 1.03 bits per heavy atom. The van der Waals surface area contributed by atoms with Crippen molar-refractivity contribution in [2.45, 2.75) is 13.2 Å². The zero-order valence-electron chi connectivity index (χ0n) is 14.4. The van der Waals surface area contributed by atoms with E-state index in [0.29, 0.717) is 0 Å². The number of alkyl halides is 2. The van der Waals surface area contributed by atoms with E-state index in [-0.39, 0.29) is 34.6 Å². The molecule has 0 unspecified atom stereocenters. The summed E-state index contributed by atoms with van der Waals surface area (Å²) in [6, 6.07) is 9.15. The van der Waals surface area contributed by atoms with Gasteiger partial charge in [0.05, 0.1) is 10.7 Å². The normalized spacial score (nSPS) is 10.8. The van der Waals surface area contributed by atoms with E-state index in [2.05, 4.69) is 10.1 Å². The predicted octanol–water partition coefficient (Wildman–Crippen LogP) is 5.64. The zero-order valence-corrected chi connectivity index (χ0v) is 15.2. The van der Waals surface area contributed by atoms with Crippen LogP contribution in [0.3, 0.4) is 0 Å². The number of rotatable bonds is 7. The van der Waals surface area contributed by atoms with Crippen molar-refractivity contribution in [2.75, 3.05) is 5.32 Å². The van der Waals surface area contributed by atoms with Crippen molar-refractivity contribution in [3.05, 3.63) is 76.7 Å². The number of nitrogens with one attached hydrogen (secondary N) is 1. The summed E-state index contributed by atoms with van der Waals surface area (Å²) in [4.78, 5) is 12.3. The van der Waals surface area contributed by atoms with Crippen LogP contribution in [0, 0.1) is 11.6 Å². The summed E-state index contributed by atoms with van der Waals surface area (Å²) in [6.07, 6.45) is 0. The number of anilines is 1. The maximum atomic E-state index is 13.2. The highest BCUT2D eigenvalue weighted by Crippen LogP contribution is 2.28. The number of halogens is 5. The largest absolute Gasteiger partial charge is 0.484 e. The Morgan fingerprint density at radius 2 is 1.76 bits per heavy atom. The van der Waals surface area contributed by atoms with Crippen molar-refractivity contribution >= 4 is 23.2 Å². The van der Waals surface area contributed by atoms with Crippen LogP contribution in [0.25, 0.3) is 0 Å². The second kappa shape index (κ2) is 8.87. The van der Waals surface area contributed by atoms with Gasteiger partial charge in [0.15, 0.2) is 11.5 Å². The molecule has 1 aromatic heterocycles. The summed E-state index contributed by atoms with van der Waals surface area (Å²) in [5.41, 5.74) is -0.163. The molecule has 3 aromatic rings. The minimum Gasteiger partial charge on any atom is -0.484 e. The second-order valence-electron chi connectivity index (χ2n) is 5.60. The summed E-state index contributed by atoms with van der Waals surface area (Å²) in [5, 5.41) is 2.37. The Kier molecular flexibility index (Phi) is 6.28. The highest BCUT2D eigenvalue weighted by Gasteiger charge is 2.17. The van der Waals surface area contributed by atoms with E-state index in [9.17, 15) is 22.4 Å². The standard InChI is InChI=1S/C19H12ClF4NO4/c20-13-7-10(21)2-5-15(13)27-9-12-3-6-16(28-12)18(26)25-14-4-1-11(22)8-17(14)29-19(23)24/h1-8,19H,9H2,(H,25,26). The van der Waals surface area contributed by atoms with Crippen LogP contribution in [0.5, 0.6) is 11.5 Å². The molecule has 1 heterocycles. The third kappa shape index (κ3) is 5.41. The molecule has 3 rings (SSSR count). The van der Waals surface area contributed by atoms with Crippen molar-refractivity contribution in [1.82, 2.24) is 0 Å². The number of ether oxygens (including phenoxy) is 2. The van der Waals surface area contributed by atoms with Gasteiger partial charge in [-0.3, -0.25) is 4.79 Å². The van der Waals surface area contributed by atoms with Gasteiger partial charge >= 0.3 is 6.61 Å². The molecular weight excluding hydrogens is 418 g/mol. The van der Waals surface area contributed by atoms with E-state index in [1.807, 2.05) is 0 Å². The molecule has 0 radical (unpaired) electrons. The Hall–Kier alpha value is -3.20. The quantitative estimate of drug-likeness (QED) is 0.493. The van der Waals surface area contributed by atoms with Gasteiger partial charge < -0.3 is 19.2 Å². The average Bonchev–Trinajstić information content (AvgIpc) is 3.12. The fourth-order valence-corrected chi connectivity index (χ4v) is 2.52. The second-order valence-corrected chi connectivity index (χ2v) is 6.01. The van der Waals surface area contributed by atoms with Crippen LogP contribution >= 0.6 is 11.6 Å². The lowest BCUT2D eigenvalue weighted by Gasteiger charge is -2.11. The molecule has 1 N–H and O–H groups in total. The van der Waals surface area contributed by atoms with E-state index in [1.54, 1.807) is 0 Å². The SMILES string of the molecule is O=C(Nc1ccc(F)cc1OC(F)F)c1ccc(COc2ccc(F)cc2Cl)o1. The zero-order chi connectivity index (χ0) is 21.0. The van der Waals surface area contributed by atoms with E-state index in [1.165, 1.54) is 24.3 Å². The fraction of sp³-hybridized carbons (Fsp3) is 0.105. The first-order chi connectivity index (χ1) is 13.8. The van der Waals surface area contributed by atoms with Gasteiger partial charge in [0.25, 0.3) is 5.91 Å². The molecule has 0 aliphatic carbocycles. The third-order valence-electron chi connectivity index (χ3n) is 3.56. The van der Waals surface area contributed by atoms with Gasteiger partial charge in [0, 0.05) is 6.07 Å². The van der Waals surface area contributed by atoms with Crippen LogP contribution in [-0.2, 0) is 6.61 Å². The Morgan fingerprint density at radius 3 is 2.48 bits per heavy atom. The summed E-state index contributed by atoms with van der Waals surface area (Å²) in [5.74, 6) is -2.32. The number of benzene rings is 2. The molecule has 0 bridgehead atoms. The lowest BCUT2D eigenvalue weighted by molar-refractivity contribution is -0.0495. The van der Waals surface area contributed by atoms with Gasteiger partial charge in [-0.2, -0.15) is 8.78 Å². The first-order valence-corrected chi connectivity index (χ1v) is 8.42. The van der Waals surface area contributed by atoms with Crippen LogP contribution < -0.4 is 14.8 Å². The number of carbonyl (C=O) groups excluding carboxylic acids is 1. The van der Waals surface area contributed by atoms with E-state index in [0.717, 1.165) is 24.3 Å². The summed E-state index contributed by atoms with van der Waals surface area (Å²) >= 11 is 5.85. The van der Waals surface area contributed by atoms with Crippen molar-refractivity contribution in [3.8, 4) is 11.5 Å². The molecule has 0 saturated carbocycles. The summed E-state index contributed by atoms with van der Waals surface area (Å²) in [7, 11) is 0. The Balaban J connectivity index is 1.66. The minimum absolute atomic E-state index is 0.0670. The number of furan rings is 1. The molecule has 0 saturated heterocycles. The average molecular weight is 430 g/mol. The van der Waals surface area contributed by atoms with E-state index >= 15 is 0 Å². The molecule has 0 spiro atoms. The number of hydrogen-bond acceptors (Lipinski definition) is 4. The Labute approximate surface area is 166 Å². The smallest absolute Gasteiger partial charge is 0.387 e. The molecule has 29 heavy (non-hydrogen) atoms. The van der Waals surface area contributed by atoms with Crippen LogP contribution in [-0.4, -0.2) is 12.5 Å². The maximum absolute atomic E-state index is 13.2. The molecule has 0 atom stereocenters. The van der Waals surface area contributed by atoms with Crippen LogP contribution in [0.15, 0.2) is 52.9 Å². The van der Waals surface area contributed by atoms with Gasteiger partial charge in [0.2, 0.25) is 0 Å². The van der Waals surface area contributed by atoms with Crippen molar-refractivity contribution in [2.24, 2.45) is 0 Å². The van der Waals surface area contributed by atoms with Crippen LogP contribution in [0.4, 0.5) is 23.2 Å². The van der Waals surface area contributed by atoms with Crippen LogP contribution in [0.2, 0.25) is 5.02 Å². The van der Waals surface area contributed by atoms with Gasteiger partial charge in [-0.25, -0.2) is 8.78 Å². The monoisotopic (exact) mass is 429 g/mol. The highest BCUT2D eigenvalue weighted by atomic mass is 35.5. The molecule has 1 amide bonds. The maximum Gasteiger partial charge on any atom is 0.387 e. The first-order valence-electron chi connectivity index (χ1n) is 8.04. The van der Waals surface area contributed by atoms with Gasteiger partial charge in [-0.1, -0.05) is 11.6 Å². The molecule has 5 nitrogen and oxygen atoms in total. The van der Waals surface area contributed by atoms with E-state index < -0.39 is 29.9 Å². The van der Waals surface area contributed by atoms with Crippen LogP contribution in [0.1, 0.15) is 16.3 Å². The van der Waals surface area contributed by atoms with Crippen molar-refractivity contribution in [1.29, 1.82) is 0 Å². The van der Waals surface area contributed by atoms with Gasteiger partial charge in [-0.05, 0) is 42.5 Å². The predicted molar refractivity (Wildman–Crippen MR) is 95.4 cm³/mol. The molecule has 152 valence electrons. The number of hydrogen-bond donors (Lipinski definition) is 1. The lowest BCUT2D eigenvalue weighted by Crippen LogP contribution is -2.13. The van der Waals surface area contributed by atoms with Crippen molar-refractivity contribution < 1.29 is 36.2 Å². The van der Waals surface area contributed by atoms with Crippen molar-refractivity contribution in [3.63, 3.8) is 0 Å². The highest BCUT2D eigenvalue weighted by molar-refractivity contribution is 6.32. The lowest BCUT2D eigenvalue weighted by atomic mass is 10.2. The van der Waals surface area contributed by atoms with Gasteiger partial charge in [-0.15, -0.1) is 0 Å². The molecule has 0 aliphatic heterocycles. The first kappa shape index (κ1) is 20.5. The number of amides is 1. The molecule has 0 fully saturated rings. The molecule has 10 heteroatoms. The fourth-order valence-electron chi connectivity index (χ4n) is 2.30. The van der Waals surface area contributed by atoms with E-state index in [4.69, 9.17) is 20.8 Å². The molecular formula is C19H12ClF4NO4. The molecule has 2 aromatic carbocycles. The van der Waals surface area contributed by atoms with Gasteiger partial charge in [0.1, 0.15) is 29.8 Å². The summed E-state index contributed by atoms with van der Waals surface area (Å²) < 4.78 is 66.1. The Bertz CT molecular complexity index is 1030. The number of carbonyl (C=O) groups is 1.